The van der Waals surface area contributed by atoms with Crippen molar-refractivity contribution in [2.45, 2.75) is 50.7 Å². The first kappa shape index (κ1) is 22.0. The van der Waals surface area contributed by atoms with E-state index in [9.17, 15) is 9.18 Å². The van der Waals surface area contributed by atoms with Gasteiger partial charge >= 0.3 is 0 Å². The van der Waals surface area contributed by atoms with Gasteiger partial charge in [-0.25, -0.2) is 4.39 Å². The van der Waals surface area contributed by atoms with Crippen LogP contribution in [0.25, 0.3) is 11.4 Å². The van der Waals surface area contributed by atoms with Crippen molar-refractivity contribution in [3.05, 3.63) is 66.0 Å². The molecule has 0 bridgehead atoms. The quantitative estimate of drug-likeness (QED) is 0.509. The molecule has 5 nitrogen and oxygen atoms in total. The fourth-order valence-corrected chi connectivity index (χ4v) is 3.98. The Morgan fingerprint density at radius 3 is 2.37 bits per heavy atom. The summed E-state index contributed by atoms with van der Waals surface area (Å²) in [5.41, 5.74) is 1.46. The summed E-state index contributed by atoms with van der Waals surface area (Å²) in [5, 5.41) is 11.8. The molecule has 158 valence electrons. The Balaban J connectivity index is 1.78. The van der Waals surface area contributed by atoms with E-state index in [0.717, 1.165) is 5.56 Å². The van der Waals surface area contributed by atoms with Gasteiger partial charge < -0.3 is 9.88 Å². The van der Waals surface area contributed by atoms with E-state index in [1.165, 1.54) is 17.8 Å². The van der Waals surface area contributed by atoms with Gasteiger partial charge in [-0.3, -0.25) is 4.79 Å². The molecule has 0 fully saturated rings. The molecule has 2 aromatic carbocycles. The molecule has 2 unspecified atom stereocenters. The van der Waals surface area contributed by atoms with Gasteiger partial charge in [-0.15, -0.1) is 10.2 Å². The molecule has 0 radical (unpaired) electrons. The highest BCUT2D eigenvalue weighted by Gasteiger charge is 2.23. The normalized spacial score (nSPS) is 13.3. The van der Waals surface area contributed by atoms with E-state index in [2.05, 4.69) is 29.4 Å². The molecule has 3 aromatic rings. The molecule has 1 aromatic heterocycles. The van der Waals surface area contributed by atoms with Crippen molar-refractivity contribution in [1.82, 2.24) is 20.1 Å². The van der Waals surface area contributed by atoms with E-state index < -0.39 is 0 Å². The standard InChI is InChI=1S/C23H27FN4OS/c1-15(2)14-28-21(19-12-8-9-13-20(19)24)26-27-23(28)30-17(4)22(29)25-16(3)18-10-6-5-7-11-18/h5-13,15-17H,14H2,1-4H3,(H,25,29). The highest BCUT2D eigenvalue weighted by Crippen LogP contribution is 2.29. The van der Waals surface area contributed by atoms with E-state index >= 15 is 0 Å². The zero-order valence-corrected chi connectivity index (χ0v) is 18.5. The molecule has 0 saturated heterocycles. The third-order valence-corrected chi connectivity index (χ3v) is 5.77. The molecule has 1 heterocycles. The average molecular weight is 427 g/mol. The summed E-state index contributed by atoms with van der Waals surface area (Å²) in [7, 11) is 0. The Labute approximate surface area is 181 Å². The summed E-state index contributed by atoms with van der Waals surface area (Å²) < 4.78 is 16.2. The van der Waals surface area contributed by atoms with Crippen LogP contribution in [0.3, 0.4) is 0 Å². The van der Waals surface area contributed by atoms with Crippen molar-refractivity contribution in [2.24, 2.45) is 5.92 Å². The van der Waals surface area contributed by atoms with Crippen LogP contribution in [0.2, 0.25) is 0 Å². The molecule has 0 aliphatic heterocycles. The van der Waals surface area contributed by atoms with Crippen molar-refractivity contribution in [2.75, 3.05) is 0 Å². The van der Waals surface area contributed by atoms with Gasteiger partial charge in [0.05, 0.1) is 16.9 Å². The Kier molecular flexibility index (Phi) is 7.26. The number of thioether (sulfide) groups is 1. The van der Waals surface area contributed by atoms with E-state index in [4.69, 9.17) is 0 Å². The van der Waals surface area contributed by atoms with Crippen LogP contribution in [0.15, 0.2) is 59.8 Å². The number of rotatable bonds is 8. The second kappa shape index (κ2) is 9.89. The molecule has 0 saturated carbocycles. The highest BCUT2D eigenvalue weighted by molar-refractivity contribution is 8.00. The van der Waals surface area contributed by atoms with Crippen LogP contribution in [0.1, 0.15) is 39.3 Å². The van der Waals surface area contributed by atoms with Crippen molar-refractivity contribution < 1.29 is 9.18 Å². The van der Waals surface area contributed by atoms with Crippen molar-refractivity contribution >= 4 is 17.7 Å². The minimum absolute atomic E-state index is 0.0807. The zero-order valence-electron chi connectivity index (χ0n) is 17.7. The first-order chi connectivity index (χ1) is 14.4. The van der Waals surface area contributed by atoms with E-state index in [1.54, 1.807) is 18.2 Å². The molecule has 30 heavy (non-hydrogen) atoms. The second-order valence-corrected chi connectivity index (χ2v) is 9.00. The predicted molar refractivity (Wildman–Crippen MR) is 119 cm³/mol. The lowest BCUT2D eigenvalue weighted by molar-refractivity contribution is -0.120. The van der Waals surface area contributed by atoms with Gasteiger partial charge in [0.2, 0.25) is 5.91 Å². The first-order valence-electron chi connectivity index (χ1n) is 10.1. The number of hydrogen-bond acceptors (Lipinski definition) is 4. The zero-order chi connectivity index (χ0) is 21.7. The number of carbonyl (C=O) groups is 1. The van der Waals surface area contributed by atoms with Gasteiger partial charge in [0.1, 0.15) is 5.82 Å². The number of amides is 1. The first-order valence-corrected chi connectivity index (χ1v) is 10.9. The Hall–Kier alpha value is -2.67. The fourth-order valence-electron chi connectivity index (χ4n) is 3.11. The molecule has 1 N–H and O–H groups in total. The fraction of sp³-hybridized carbons (Fsp3) is 0.348. The maximum absolute atomic E-state index is 14.3. The van der Waals surface area contributed by atoms with Gasteiger partial charge in [-0.2, -0.15) is 0 Å². The number of nitrogens with zero attached hydrogens (tertiary/aromatic N) is 3. The number of nitrogens with one attached hydrogen (secondary N) is 1. The lowest BCUT2D eigenvalue weighted by Gasteiger charge is -2.18. The molecule has 0 aliphatic rings. The van der Waals surface area contributed by atoms with E-state index in [1.807, 2.05) is 48.7 Å². The third kappa shape index (κ3) is 5.27. The van der Waals surface area contributed by atoms with E-state index in [0.29, 0.717) is 29.0 Å². The highest BCUT2D eigenvalue weighted by atomic mass is 32.2. The second-order valence-electron chi connectivity index (χ2n) is 7.69. The average Bonchev–Trinajstić information content (AvgIpc) is 3.10. The van der Waals surface area contributed by atoms with Crippen LogP contribution in [0.4, 0.5) is 4.39 Å². The predicted octanol–water partition coefficient (Wildman–Crippen LogP) is 5.10. The molecule has 1 amide bonds. The van der Waals surface area contributed by atoms with Crippen LogP contribution >= 0.6 is 11.8 Å². The van der Waals surface area contributed by atoms with Crippen LogP contribution in [0, 0.1) is 11.7 Å². The lowest BCUT2D eigenvalue weighted by Crippen LogP contribution is -2.33. The molecule has 0 aliphatic carbocycles. The monoisotopic (exact) mass is 426 g/mol. The Bertz CT molecular complexity index is 990. The van der Waals surface area contributed by atoms with Gasteiger partial charge in [0.25, 0.3) is 0 Å². The molecule has 3 rings (SSSR count). The van der Waals surface area contributed by atoms with Gasteiger partial charge in [-0.05, 0) is 37.5 Å². The van der Waals surface area contributed by atoms with Crippen LogP contribution < -0.4 is 5.32 Å². The minimum atomic E-state index is -0.375. The summed E-state index contributed by atoms with van der Waals surface area (Å²) in [5.74, 6) is 0.375. The van der Waals surface area contributed by atoms with E-state index in [-0.39, 0.29) is 23.0 Å². The Morgan fingerprint density at radius 2 is 1.70 bits per heavy atom. The molecular weight excluding hydrogens is 399 g/mol. The number of halogens is 1. The van der Waals surface area contributed by atoms with Gasteiger partial charge in [0.15, 0.2) is 11.0 Å². The smallest absolute Gasteiger partial charge is 0.233 e. The summed E-state index contributed by atoms with van der Waals surface area (Å²) in [6.45, 7) is 8.60. The molecule has 2 atom stereocenters. The SMILES string of the molecule is CC(C)Cn1c(SC(C)C(=O)NC(C)c2ccccc2)nnc1-c1ccccc1F. The molecular formula is C23H27FN4OS. The Morgan fingerprint density at radius 1 is 1.03 bits per heavy atom. The number of hydrogen-bond donors (Lipinski definition) is 1. The largest absolute Gasteiger partial charge is 0.349 e. The van der Waals surface area contributed by atoms with Crippen LogP contribution in [-0.2, 0) is 11.3 Å². The van der Waals surface area contributed by atoms with Crippen molar-refractivity contribution in [1.29, 1.82) is 0 Å². The number of carbonyl (C=O) groups excluding carboxylic acids is 1. The summed E-state index contributed by atoms with van der Waals surface area (Å²) in [4.78, 5) is 12.7. The van der Waals surface area contributed by atoms with Crippen LogP contribution in [0.5, 0.6) is 0 Å². The van der Waals surface area contributed by atoms with Crippen LogP contribution in [-0.4, -0.2) is 25.9 Å². The lowest BCUT2D eigenvalue weighted by atomic mass is 10.1. The van der Waals surface area contributed by atoms with Gasteiger partial charge in [-0.1, -0.05) is 68.1 Å². The minimum Gasteiger partial charge on any atom is -0.349 e. The topological polar surface area (TPSA) is 59.8 Å². The van der Waals surface area contributed by atoms with Crippen molar-refractivity contribution in [3.8, 4) is 11.4 Å². The molecule has 0 spiro atoms. The number of benzene rings is 2. The third-order valence-electron chi connectivity index (χ3n) is 4.69. The summed E-state index contributed by atoms with van der Waals surface area (Å²) >= 11 is 1.33. The maximum atomic E-state index is 14.3. The molecule has 7 heteroatoms. The summed E-state index contributed by atoms with van der Waals surface area (Å²) in [6, 6.07) is 16.3. The summed E-state index contributed by atoms with van der Waals surface area (Å²) in [6.07, 6.45) is 0. The van der Waals surface area contributed by atoms with Crippen molar-refractivity contribution in [3.63, 3.8) is 0 Å². The maximum Gasteiger partial charge on any atom is 0.233 e. The van der Waals surface area contributed by atoms with Gasteiger partial charge in [0, 0.05) is 6.54 Å². The number of aromatic nitrogens is 3.